The van der Waals surface area contributed by atoms with Gasteiger partial charge in [-0.1, -0.05) is 0 Å². The maximum absolute atomic E-state index is 13.1. The van der Waals surface area contributed by atoms with Crippen molar-refractivity contribution in [1.82, 2.24) is 4.90 Å². The van der Waals surface area contributed by atoms with Crippen LogP contribution in [0.1, 0.15) is 15.9 Å². The van der Waals surface area contributed by atoms with Crippen LogP contribution in [0.2, 0.25) is 0 Å². The van der Waals surface area contributed by atoms with E-state index in [4.69, 9.17) is 0 Å². The maximum Gasteiger partial charge on any atom is 0.256 e. The summed E-state index contributed by atoms with van der Waals surface area (Å²) in [6.07, 6.45) is 0. The predicted octanol–water partition coefficient (Wildman–Crippen LogP) is -0.263. The Balaban J connectivity index is 3.74. The second-order valence-electron chi connectivity index (χ2n) is 5.47. The van der Waals surface area contributed by atoms with Gasteiger partial charge in [0.25, 0.3) is 11.8 Å². The average molecular weight is 734 g/mol. The van der Waals surface area contributed by atoms with Crippen molar-refractivity contribution in [3.63, 3.8) is 0 Å². The minimum atomic E-state index is -0.781. The van der Waals surface area contributed by atoms with Crippen LogP contribution in [-0.2, 0) is 11.4 Å². The molecule has 2 amide bonds. The van der Waals surface area contributed by atoms with Crippen LogP contribution in [0.5, 0.6) is 0 Å². The highest BCUT2D eigenvalue weighted by Crippen LogP contribution is 2.38. The number of nitrogens with zero attached hydrogens (tertiary/aromatic N) is 2. The van der Waals surface area contributed by atoms with Crippen molar-refractivity contribution in [3.05, 3.63) is 21.8 Å². The number of hydrogen-bond acceptors (Lipinski definition) is 7. The van der Waals surface area contributed by atoms with E-state index in [1.165, 1.54) is 9.80 Å². The van der Waals surface area contributed by atoms with E-state index < -0.39 is 18.4 Å². The highest BCUT2D eigenvalue weighted by molar-refractivity contribution is 14.1. The molecule has 0 aliphatic rings. The van der Waals surface area contributed by atoms with Gasteiger partial charge in [0.2, 0.25) is 0 Å². The second kappa shape index (κ2) is 12.8. The van der Waals surface area contributed by atoms with Crippen LogP contribution in [0.3, 0.4) is 0 Å². The molecule has 12 heteroatoms. The molecule has 5 N–H and O–H groups in total. The molecule has 1 rings (SSSR count). The predicted molar refractivity (Wildman–Crippen MR) is 127 cm³/mol. The van der Waals surface area contributed by atoms with Crippen LogP contribution in [0.4, 0.5) is 5.69 Å². The topological polar surface area (TPSA) is 142 Å². The number of halogens is 3. The average Bonchev–Trinajstić information content (AvgIpc) is 2.66. The Morgan fingerprint density at radius 3 is 1.75 bits per heavy atom. The van der Waals surface area contributed by atoms with Crippen LogP contribution >= 0.6 is 67.8 Å². The van der Waals surface area contributed by atoms with Crippen molar-refractivity contribution in [2.75, 3.05) is 51.0 Å². The summed E-state index contributed by atoms with van der Waals surface area (Å²) < 4.78 is 1.42. The van der Waals surface area contributed by atoms with Gasteiger partial charge in [0.05, 0.1) is 41.2 Å². The fourth-order valence-corrected chi connectivity index (χ4v) is 7.08. The Morgan fingerprint density at radius 1 is 0.786 bits per heavy atom. The SMILES string of the molecule is O=C(c1c(I)c(CO)c(I)c(N(CCO)C(=O)CO)c1I)N(CCO)CCO. The lowest BCUT2D eigenvalue weighted by Crippen LogP contribution is -2.39. The van der Waals surface area contributed by atoms with Gasteiger partial charge in [0.15, 0.2) is 0 Å². The van der Waals surface area contributed by atoms with Gasteiger partial charge in [-0.25, -0.2) is 0 Å². The summed E-state index contributed by atoms with van der Waals surface area (Å²) in [5, 5.41) is 47.0. The van der Waals surface area contributed by atoms with E-state index >= 15 is 0 Å². The van der Waals surface area contributed by atoms with Crippen LogP contribution in [-0.4, -0.2) is 88.3 Å². The second-order valence-corrected chi connectivity index (χ2v) is 8.70. The smallest absolute Gasteiger partial charge is 0.256 e. The van der Waals surface area contributed by atoms with Crippen LogP contribution in [0, 0.1) is 10.7 Å². The van der Waals surface area contributed by atoms with Crippen molar-refractivity contribution in [3.8, 4) is 0 Å². The molecule has 158 valence electrons. The first-order valence-electron chi connectivity index (χ1n) is 8.13. The molecule has 0 bridgehead atoms. The quantitative estimate of drug-likeness (QED) is 0.209. The number of aliphatic hydroxyl groups excluding tert-OH is 5. The summed E-state index contributed by atoms with van der Waals surface area (Å²) in [5.41, 5.74) is 0.966. The van der Waals surface area contributed by atoms with Gasteiger partial charge >= 0.3 is 0 Å². The Hall–Kier alpha value is 0.150. The molecule has 0 aliphatic carbocycles. The molecule has 0 atom stereocenters. The summed E-state index contributed by atoms with van der Waals surface area (Å²) in [6.45, 7) is -2.18. The minimum Gasteiger partial charge on any atom is -0.395 e. The summed E-state index contributed by atoms with van der Waals surface area (Å²) in [7, 11) is 0. The van der Waals surface area contributed by atoms with Crippen molar-refractivity contribution >= 4 is 85.3 Å². The molecule has 0 saturated carbocycles. The first kappa shape index (κ1) is 26.2. The van der Waals surface area contributed by atoms with Gasteiger partial charge in [0, 0.05) is 32.3 Å². The van der Waals surface area contributed by atoms with Crippen molar-refractivity contribution in [1.29, 1.82) is 0 Å². The Labute approximate surface area is 203 Å². The zero-order valence-electron chi connectivity index (χ0n) is 14.7. The van der Waals surface area contributed by atoms with Crippen LogP contribution in [0.15, 0.2) is 0 Å². The Bertz CT molecular complexity index is 712. The zero-order chi connectivity index (χ0) is 21.4. The van der Waals surface area contributed by atoms with Gasteiger partial charge in [-0.2, -0.15) is 0 Å². The molecular weight excluding hydrogens is 713 g/mol. The fourth-order valence-electron chi connectivity index (χ4n) is 2.53. The molecule has 0 heterocycles. The van der Waals surface area contributed by atoms with Gasteiger partial charge < -0.3 is 35.3 Å². The van der Waals surface area contributed by atoms with Crippen LogP contribution < -0.4 is 4.90 Å². The third-order valence-electron chi connectivity index (χ3n) is 3.81. The molecule has 0 unspecified atom stereocenters. The number of hydrogen-bond donors (Lipinski definition) is 5. The van der Waals surface area contributed by atoms with Crippen LogP contribution in [0.25, 0.3) is 0 Å². The first-order valence-corrected chi connectivity index (χ1v) is 11.4. The van der Waals surface area contributed by atoms with Crippen molar-refractivity contribution in [2.45, 2.75) is 6.61 Å². The molecule has 1 aromatic carbocycles. The number of rotatable bonds is 10. The summed E-state index contributed by atoms with van der Waals surface area (Å²) >= 11 is 5.81. The number of carbonyl (C=O) groups excluding carboxylic acids is 2. The molecule has 28 heavy (non-hydrogen) atoms. The lowest BCUT2D eigenvalue weighted by molar-refractivity contribution is -0.121. The molecular formula is C16H21I3N2O7. The van der Waals surface area contributed by atoms with Gasteiger partial charge in [-0.15, -0.1) is 0 Å². The van der Waals surface area contributed by atoms with E-state index in [2.05, 4.69) is 0 Å². The number of carbonyl (C=O) groups is 2. The Morgan fingerprint density at radius 2 is 1.32 bits per heavy atom. The van der Waals surface area contributed by atoms with Gasteiger partial charge in [-0.3, -0.25) is 9.59 Å². The van der Waals surface area contributed by atoms with E-state index in [-0.39, 0.29) is 51.6 Å². The standard InChI is InChI=1S/C16H21I3N2O7/c17-12-9(7-25)13(18)15(21(3-6-24)10(27)8-26)14(19)11(12)16(28)20(1-4-22)2-5-23/h22-26H,1-8H2. The number of benzene rings is 1. The molecule has 9 nitrogen and oxygen atoms in total. The molecule has 0 radical (unpaired) electrons. The Kier molecular flexibility index (Phi) is 11.9. The molecule has 0 aromatic heterocycles. The van der Waals surface area contributed by atoms with E-state index in [1.807, 2.05) is 67.8 Å². The third-order valence-corrected chi connectivity index (χ3v) is 7.22. The van der Waals surface area contributed by atoms with Crippen molar-refractivity contribution < 1.29 is 35.1 Å². The summed E-state index contributed by atoms with van der Waals surface area (Å²) in [5.74, 6) is -1.12. The summed E-state index contributed by atoms with van der Waals surface area (Å²) in [4.78, 5) is 27.8. The fraction of sp³-hybridized carbons (Fsp3) is 0.500. The molecule has 0 spiro atoms. The van der Waals surface area contributed by atoms with E-state index in [9.17, 15) is 35.1 Å². The van der Waals surface area contributed by atoms with E-state index in [0.717, 1.165) is 0 Å². The van der Waals surface area contributed by atoms with E-state index in [1.54, 1.807) is 0 Å². The lowest BCUT2D eigenvalue weighted by Gasteiger charge is -2.29. The number of aliphatic hydroxyl groups is 5. The largest absolute Gasteiger partial charge is 0.395 e. The minimum absolute atomic E-state index is 0.0112. The third kappa shape index (κ3) is 5.86. The number of anilines is 1. The van der Waals surface area contributed by atoms with E-state index in [0.29, 0.717) is 22.0 Å². The summed E-state index contributed by atoms with van der Waals surface area (Å²) in [6, 6.07) is 0. The molecule has 0 saturated heterocycles. The first-order chi connectivity index (χ1) is 13.3. The normalized spacial score (nSPS) is 10.9. The molecule has 0 aliphatic heterocycles. The maximum atomic E-state index is 13.1. The monoisotopic (exact) mass is 734 g/mol. The zero-order valence-corrected chi connectivity index (χ0v) is 21.2. The van der Waals surface area contributed by atoms with Gasteiger partial charge in [-0.05, 0) is 67.8 Å². The van der Waals surface area contributed by atoms with Crippen molar-refractivity contribution in [2.24, 2.45) is 0 Å². The molecule has 1 aromatic rings. The lowest BCUT2D eigenvalue weighted by atomic mass is 10.1. The highest BCUT2D eigenvalue weighted by atomic mass is 127. The number of amides is 2. The van der Waals surface area contributed by atoms with Gasteiger partial charge in [0.1, 0.15) is 6.61 Å². The highest BCUT2D eigenvalue weighted by Gasteiger charge is 2.30. The molecule has 0 fully saturated rings.